The average Bonchev–Trinajstić information content (AvgIpc) is 1.93. The van der Waals surface area contributed by atoms with E-state index in [9.17, 15) is 4.79 Å². The lowest BCUT2D eigenvalue weighted by atomic mass is 9.78. The molecule has 1 fully saturated rings. The highest BCUT2D eigenvalue weighted by atomic mass is 16.1. The van der Waals surface area contributed by atoms with Crippen molar-refractivity contribution in [2.75, 3.05) is 7.05 Å². The zero-order chi connectivity index (χ0) is 8.97. The van der Waals surface area contributed by atoms with Crippen LogP contribution in [0, 0.1) is 5.92 Å². The summed E-state index contributed by atoms with van der Waals surface area (Å²) in [6.45, 7) is 1.67. The fourth-order valence-electron chi connectivity index (χ4n) is 1.82. The van der Waals surface area contributed by atoms with Crippen molar-refractivity contribution < 1.29 is 4.79 Å². The Hall–Kier alpha value is -0.370. The van der Waals surface area contributed by atoms with Crippen molar-refractivity contribution in [3.8, 4) is 0 Å². The second-order valence-electron chi connectivity index (χ2n) is 3.83. The first kappa shape index (κ1) is 9.72. The van der Waals surface area contributed by atoms with Gasteiger partial charge in [0.25, 0.3) is 0 Å². The van der Waals surface area contributed by atoms with E-state index in [1.807, 2.05) is 7.05 Å². The lowest BCUT2D eigenvalue weighted by Gasteiger charge is -2.33. The van der Waals surface area contributed by atoms with Gasteiger partial charge in [-0.3, -0.25) is 0 Å². The number of hydrogen-bond donors (Lipinski definition) is 1. The van der Waals surface area contributed by atoms with Crippen LogP contribution in [0.3, 0.4) is 0 Å². The van der Waals surface area contributed by atoms with Gasteiger partial charge in [0.15, 0.2) is 0 Å². The number of ketones is 1. The lowest BCUT2D eigenvalue weighted by molar-refractivity contribution is -0.117. The number of Topliss-reactive ketones (excluding diaryl/α,β-unsaturated/α-hetero) is 1. The molecule has 0 aromatic carbocycles. The Labute approximate surface area is 74.7 Å². The Balaban J connectivity index is 2.20. The van der Waals surface area contributed by atoms with E-state index in [0.29, 0.717) is 11.8 Å². The van der Waals surface area contributed by atoms with Crippen molar-refractivity contribution in [2.24, 2.45) is 5.92 Å². The van der Waals surface area contributed by atoms with Crippen LogP contribution < -0.4 is 5.32 Å². The smallest absolute Gasteiger partial charge is 0.129 e. The molecule has 12 heavy (non-hydrogen) atoms. The monoisotopic (exact) mass is 169 g/mol. The molecule has 2 heteroatoms. The number of rotatable bonds is 5. The summed E-state index contributed by atoms with van der Waals surface area (Å²) >= 11 is 0. The van der Waals surface area contributed by atoms with Crippen LogP contribution in [-0.4, -0.2) is 18.9 Å². The van der Waals surface area contributed by atoms with Crippen LogP contribution in [-0.2, 0) is 4.79 Å². The third kappa shape index (κ3) is 2.59. The Morgan fingerprint density at radius 2 is 2.25 bits per heavy atom. The molecule has 0 saturated heterocycles. The summed E-state index contributed by atoms with van der Waals surface area (Å²) in [6, 6.07) is 0.586. The molecule has 1 saturated carbocycles. The van der Waals surface area contributed by atoms with Crippen molar-refractivity contribution in [3.05, 3.63) is 0 Å². The van der Waals surface area contributed by atoms with Crippen LogP contribution in [0.2, 0.25) is 0 Å². The molecule has 0 aliphatic heterocycles. The van der Waals surface area contributed by atoms with Crippen molar-refractivity contribution in [3.63, 3.8) is 0 Å². The van der Waals surface area contributed by atoms with Gasteiger partial charge >= 0.3 is 0 Å². The van der Waals surface area contributed by atoms with E-state index in [1.54, 1.807) is 6.92 Å². The first-order chi connectivity index (χ1) is 5.74. The summed E-state index contributed by atoms with van der Waals surface area (Å²) in [5.74, 6) is 1.16. The van der Waals surface area contributed by atoms with Gasteiger partial charge in [-0.2, -0.15) is 0 Å². The van der Waals surface area contributed by atoms with E-state index in [1.165, 1.54) is 19.3 Å². The molecule has 0 bridgehead atoms. The molecule has 0 aromatic heterocycles. The second kappa shape index (κ2) is 4.61. The van der Waals surface area contributed by atoms with Crippen LogP contribution in [0.25, 0.3) is 0 Å². The molecule has 0 spiro atoms. The molecule has 1 N–H and O–H groups in total. The summed E-state index contributed by atoms with van der Waals surface area (Å²) in [5, 5.41) is 3.31. The predicted molar refractivity (Wildman–Crippen MR) is 50.1 cm³/mol. The first-order valence-electron chi connectivity index (χ1n) is 4.90. The van der Waals surface area contributed by atoms with Gasteiger partial charge in [0.1, 0.15) is 5.78 Å². The minimum Gasteiger partial charge on any atom is -0.317 e. The van der Waals surface area contributed by atoms with E-state index in [-0.39, 0.29) is 0 Å². The van der Waals surface area contributed by atoms with Gasteiger partial charge < -0.3 is 10.1 Å². The van der Waals surface area contributed by atoms with Gasteiger partial charge in [-0.25, -0.2) is 0 Å². The second-order valence-corrected chi connectivity index (χ2v) is 3.83. The number of carbonyl (C=O) groups excluding carboxylic acids is 1. The third-order valence-electron chi connectivity index (χ3n) is 2.90. The van der Waals surface area contributed by atoms with Gasteiger partial charge in [0.05, 0.1) is 0 Å². The molecule has 1 atom stereocenters. The SMILES string of the molecule is CNC(CCC(C)=O)C1CCC1. The summed E-state index contributed by atoms with van der Waals surface area (Å²) in [7, 11) is 2.00. The van der Waals surface area contributed by atoms with Gasteiger partial charge in [-0.15, -0.1) is 0 Å². The van der Waals surface area contributed by atoms with Gasteiger partial charge in [0, 0.05) is 12.5 Å². The van der Waals surface area contributed by atoms with Crippen LogP contribution in [0.4, 0.5) is 0 Å². The molecular weight excluding hydrogens is 150 g/mol. The Kier molecular flexibility index (Phi) is 3.73. The van der Waals surface area contributed by atoms with E-state index in [2.05, 4.69) is 5.32 Å². The maximum atomic E-state index is 10.8. The zero-order valence-electron chi connectivity index (χ0n) is 8.10. The zero-order valence-corrected chi connectivity index (χ0v) is 8.10. The average molecular weight is 169 g/mol. The molecule has 0 amide bonds. The molecule has 0 heterocycles. The predicted octanol–water partition coefficient (Wildman–Crippen LogP) is 1.74. The molecule has 1 unspecified atom stereocenters. The lowest BCUT2D eigenvalue weighted by Crippen LogP contribution is -2.37. The largest absolute Gasteiger partial charge is 0.317 e. The number of carbonyl (C=O) groups is 1. The summed E-state index contributed by atoms with van der Waals surface area (Å²) in [6.07, 6.45) is 5.84. The van der Waals surface area contributed by atoms with Crippen molar-refractivity contribution in [1.29, 1.82) is 0 Å². The molecule has 0 aromatic rings. The molecule has 70 valence electrons. The molecule has 1 rings (SSSR count). The fourth-order valence-corrected chi connectivity index (χ4v) is 1.82. The fraction of sp³-hybridized carbons (Fsp3) is 0.900. The Bertz CT molecular complexity index is 152. The van der Waals surface area contributed by atoms with Crippen LogP contribution in [0.5, 0.6) is 0 Å². The highest BCUT2D eigenvalue weighted by Crippen LogP contribution is 2.31. The van der Waals surface area contributed by atoms with Gasteiger partial charge in [-0.05, 0) is 39.2 Å². The number of nitrogens with one attached hydrogen (secondary N) is 1. The standard InChI is InChI=1S/C10H19NO/c1-8(12)6-7-10(11-2)9-4-3-5-9/h9-11H,3-7H2,1-2H3. The maximum absolute atomic E-state index is 10.8. The normalized spacial score (nSPS) is 20.2. The van der Waals surface area contributed by atoms with Crippen LogP contribution in [0.15, 0.2) is 0 Å². The minimum absolute atomic E-state index is 0.314. The van der Waals surface area contributed by atoms with E-state index in [4.69, 9.17) is 0 Å². The maximum Gasteiger partial charge on any atom is 0.129 e. The molecular formula is C10H19NO. The van der Waals surface area contributed by atoms with Crippen LogP contribution in [0.1, 0.15) is 39.0 Å². The minimum atomic E-state index is 0.314. The molecule has 1 aliphatic rings. The van der Waals surface area contributed by atoms with E-state index >= 15 is 0 Å². The van der Waals surface area contributed by atoms with Crippen molar-refractivity contribution in [1.82, 2.24) is 5.32 Å². The van der Waals surface area contributed by atoms with Crippen LogP contribution >= 0.6 is 0 Å². The third-order valence-corrected chi connectivity index (χ3v) is 2.90. The van der Waals surface area contributed by atoms with E-state index in [0.717, 1.165) is 18.8 Å². The topological polar surface area (TPSA) is 29.1 Å². The quantitative estimate of drug-likeness (QED) is 0.679. The van der Waals surface area contributed by atoms with Gasteiger partial charge in [-0.1, -0.05) is 6.42 Å². The Morgan fingerprint density at radius 1 is 1.58 bits per heavy atom. The molecule has 2 nitrogen and oxygen atoms in total. The summed E-state index contributed by atoms with van der Waals surface area (Å²) < 4.78 is 0. The Morgan fingerprint density at radius 3 is 2.58 bits per heavy atom. The number of hydrogen-bond acceptors (Lipinski definition) is 2. The van der Waals surface area contributed by atoms with Crippen molar-refractivity contribution in [2.45, 2.75) is 45.1 Å². The highest BCUT2D eigenvalue weighted by Gasteiger charge is 2.25. The van der Waals surface area contributed by atoms with Gasteiger partial charge in [0.2, 0.25) is 0 Å². The summed E-state index contributed by atoms with van der Waals surface area (Å²) in [4.78, 5) is 10.8. The summed E-state index contributed by atoms with van der Waals surface area (Å²) in [5.41, 5.74) is 0. The van der Waals surface area contributed by atoms with E-state index < -0.39 is 0 Å². The molecule has 0 radical (unpaired) electrons. The highest BCUT2D eigenvalue weighted by molar-refractivity contribution is 5.75. The molecule has 1 aliphatic carbocycles. The van der Waals surface area contributed by atoms with Crippen molar-refractivity contribution >= 4 is 5.78 Å². The first-order valence-corrected chi connectivity index (χ1v) is 4.90.